The molecule has 1 heterocycles. The summed E-state index contributed by atoms with van der Waals surface area (Å²) in [4.78, 5) is 15.7. The monoisotopic (exact) mass is 256 g/mol. The van der Waals surface area contributed by atoms with Gasteiger partial charge in [0.15, 0.2) is 0 Å². The van der Waals surface area contributed by atoms with Crippen LogP contribution in [-0.2, 0) is 11.2 Å². The van der Waals surface area contributed by atoms with E-state index in [0.717, 1.165) is 17.0 Å². The van der Waals surface area contributed by atoms with Gasteiger partial charge in [-0.2, -0.15) is 0 Å². The average molecular weight is 256 g/mol. The van der Waals surface area contributed by atoms with Gasteiger partial charge in [0, 0.05) is 24.5 Å². The molecule has 0 radical (unpaired) electrons. The number of hydrogen-bond acceptors (Lipinski definition) is 3. The van der Waals surface area contributed by atoms with E-state index in [-0.39, 0.29) is 5.91 Å². The highest BCUT2D eigenvalue weighted by Crippen LogP contribution is 2.15. The molecule has 19 heavy (non-hydrogen) atoms. The minimum absolute atomic E-state index is 0.00183. The first-order valence-electron chi connectivity index (χ1n) is 6.11. The molecule has 0 bridgehead atoms. The van der Waals surface area contributed by atoms with Crippen molar-refractivity contribution in [2.24, 2.45) is 0 Å². The van der Waals surface area contributed by atoms with Crippen LogP contribution in [0.2, 0.25) is 0 Å². The maximum atomic E-state index is 11.8. The van der Waals surface area contributed by atoms with Crippen LogP contribution in [0, 0.1) is 0 Å². The third-order valence-electron chi connectivity index (χ3n) is 2.76. The predicted molar refractivity (Wildman–Crippen MR) is 74.2 cm³/mol. The van der Waals surface area contributed by atoms with Gasteiger partial charge in [-0.3, -0.25) is 9.78 Å². The van der Waals surface area contributed by atoms with Crippen molar-refractivity contribution in [2.75, 3.05) is 12.4 Å². The Morgan fingerprint density at radius 3 is 2.47 bits per heavy atom. The molecule has 0 aliphatic carbocycles. The molecule has 1 amide bonds. The molecule has 2 aromatic rings. The normalized spacial score (nSPS) is 9.95. The van der Waals surface area contributed by atoms with Gasteiger partial charge in [-0.05, 0) is 48.4 Å². The van der Waals surface area contributed by atoms with E-state index in [0.29, 0.717) is 12.8 Å². The molecule has 0 aliphatic heterocycles. The average Bonchev–Trinajstić information content (AvgIpc) is 2.47. The number of methoxy groups -OCH3 is 1. The number of nitrogens with one attached hydrogen (secondary N) is 1. The van der Waals surface area contributed by atoms with E-state index in [2.05, 4.69) is 10.3 Å². The Kier molecular flexibility index (Phi) is 4.50. The van der Waals surface area contributed by atoms with Gasteiger partial charge < -0.3 is 10.1 Å². The minimum atomic E-state index is 0.00183. The number of aryl methyl sites for hydroxylation is 1. The Morgan fingerprint density at radius 2 is 1.84 bits per heavy atom. The number of nitrogens with zero attached hydrogens (tertiary/aromatic N) is 1. The first-order chi connectivity index (χ1) is 9.28. The van der Waals surface area contributed by atoms with Crippen molar-refractivity contribution in [3.05, 3.63) is 54.4 Å². The maximum absolute atomic E-state index is 11.8. The maximum Gasteiger partial charge on any atom is 0.224 e. The van der Waals surface area contributed by atoms with Gasteiger partial charge in [0.25, 0.3) is 0 Å². The molecule has 0 fully saturated rings. The number of amides is 1. The summed E-state index contributed by atoms with van der Waals surface area (Å²) in [6.45, 7) is 0. The standard InChI is InChI=1S/C15H16N2O2/c1-19-14-5-3-13(4-6-14)17-15(18)7-2-12-8-10-16-11-9-12/h3-6,8-11H,2,7H2,1H3,(H,17,18). The van der Waals surface area contributed by atoms with Crippen molar-refractivity contribution >= 4 is 11.6 Å². The molecule has 0 aliphatic rings. The van der Waals surface area contributed by atoms with Crippen LogP contribution in [0.5, 0.6) is 5.75 Å². The molecule has 0 saturated heterocycles. The third-order valence-corrected chi connectivity index (χ3v) is 2.76. The van der Waals surface area contributed by atoms with E-state index in [4.69, 9.17) is 4.74 Å². The summed E-state index contributed by atoms with van der Waals surface area (Å²) in [7, 11) is 1.61. The number of aromatic nitrogens is 1. The van der Waals surface area contributed by atoms with Crippen LogP contribution in [-0.4, -0.2) is 18.0 Å². The Morgan fingerprint density at radius 1 is 1.16 bits per heavy atom. The highest BCUT2D eigenvalue weighted by molar-refractivity contribution is 5.90. The number of hydrogen-bond donors (Lipinski definition) is 1. The first-order valence-corrected chi connectivity index (χ1v) is 6.11. The first kappa shape index (κ1) is 13.1. The lowest BCUT2D eigenvalue weighted by Crippen LogP contribution is -2.12. The quantitative estimate of drug-likeness (QED) is 0.894. The lowest BCUT2D eigenvalue weighted by atomic mass is 10.1. The van der Waals surface area contributed by atoms with Gasteiger partial charge in [-0.15, -0.1) is 0 Å². The van der Waals surface area contributed by atoms with E-state index < -0.39 is 0 Å². The Labute approximate surface area is 112 Å². The predicted octanol–water partition coefficient (Wildman–Crippen LogP) is 2.66. The molecule has 1 aromatic carbocycles. The van der Waals surface area contributed by atoms with Gasteiger partial charge in [-0.25, -0.2) is 0 Å². The molecule has 98 valence electrons. The summed E-state index contributed by atoms with van der Waals surface area (Å²) in [6.07, 6.45) is 4.63. The van der Waals surface area contributed by atoms with Crippen LogP contribution in [0.3, 0.4) is 0 Å². The summed E-state index contributed by atoms with van der Waals surface area (Å²) in [5.41, 5.74) is 1.89. The molecule has 2 rings (SSSR count). The second kappa shape index (κ2) is 6.54. The van der Waals surface area contributed by atoms with Crippen LogP contribution in [0.25, 0.3) is 0 Å². The van der Waals surface area contributed by atoms with Crippen LogP contribution in [0.1, 0.15) is 12.0 Å². The summed E-state index contributed by atoms with van der Waals surface area (Å²) in [5, 5.41) is 2.85. The fraction of sp³-hybridized carbons (Fsp3) is 0.200. The Bertz CT molecular complexity index is 524. The lowest BCUT2D eigenvalue weighted by Gasteiger charge is -2.06. The SMILES string of the molecule is COc1ccc(NC(=O)CCc2ccncc2)cc1. The third kappa shape index (κ3) is 4.10. The number of anilines is 1. The van der Waals surface area contributed by atoms with Crippen LogP contribution in [0.15, 0.2) is 48.8 Å². The summed E-state index contributed by atoms with van der Waals surface area (Å²) < 4.78 is 5.06. The zero-order valence-electron chi connectivity index (χ0n) is 10.8. The Hall–Kier alpha value is -2.36. The van der Waals surface area contributed by atoms with Crippen molar-refractivity contribution in [1.29, 1.82) is 0 Å². The van der Waals surface area contributed by atoms with Crippen LogP contribution < -0.4 is 10.1 Å². The molecular weight excluding hydrogens is 240 g/mol. The zero-order chi connectivity index (χ0) is 13.5. The van der Waals surface area contributed by atoms with Gasteiger partial charge in [0.05, 0.1) is 7.11 Å². The zero-order valence-corrected chi connectivity index (χ0v) is 10.8. The number of benzene rings is 1. The van der Waals surface area contributed by atoms with Crippen molar-refractivity contribution in [3.8, 4) is 5.75 Å². The Balaban J connectivity index is 1.83. The number of carbonyl (C=O) groups is 1. The number of pyridine rings is 1. The van der Waals surface area contributed by atoms with E-state index in [1.54, 1.807) is 19.5 Å². The van der Waals surface area contributed by atoms with Crippen molar-refractivity contribution < 1.29 is 9.53 Å². The van der Waals surface area contributed by atoms with Crippen LogP contribution >= 0.6 is 0 Å². The van der Waals surface area contributed by atoms with Crippen molar-refractivity contribution in [2.45, 2.75) is 12.8 Å². The molecule has 4 nitrogen and oxygen atoms in total. The van der Waals surface area contributed by atoms with Crippen molar-refractivity contribution in [1.82, 2.24) is 4.98 Å². The second-order valence-electron chi connectivity index (χ2n) is 4.13. The topological polar surface area (TPSA) is 51.2 Å². The smallest absolute Gasteiger partial charge is 0.224 e. The van der Waals surface area contributed by atoms with E-state index in [1.165, 1.54) is 0 Å². The minimum Gasteiger partial charge on any atom is -0.497 e. The molecule has 1 aromatic heterocycles. The molecule has 1 N–H and O–H groups in total. The molecule has 0 unspecified atom stereocenters. The largest absolute Gasteiger partial charge is 0.497 e. The molecule has 0 saturated carbocycles. The summed E-state index contributed by atoms with van der Waals surface area (Å²) >= 11 is 0. The highest BCUT2D eigenvalue weighted by Gasteiger charge is 2.03. The fourth-order valence-electron chi connectivity index (χ4n) is 1.71. The second-order valence-corrected chi connectivity index (χ2v) is 4.13. The van der Waals surface area contributed by atoms with Gasteiger partial charge >= 0.3 is 0 Å². The van der Waals surface area contributed by atoms with E-state index >= 15 is 0 Å². The van der Waals surface area contributed by atoms with E-state index in [1.807, 2.05) is 36.4 Å². The summed E-state index contributed by atoms with van der Waals surface area (Å²) in [6, 6.07) is 11.1. The highest BCUT2D eigenvalue weighted by atomic mass is 16.5. The lowest BCUT2D eigenvalue weighted by molar-refractivity contribution is -0.116. The fourth-order valence-corrected chi connectivity index (χ4v) is 1.71. The number of carbonyl (C=O) groups excluding carboxylic acids is 1. The molecule has 4 heteroatoms. The molecule has 0 atom stereocenters. The molecule has 0 spiro atoms. The van der Waals surface area contributed by atoms with Gasteiger partial charge in [-0.1, -0.05) is 0 Å². The van der Waals surface area contributed by atoms with E-state index in [9.17, 15) is 4.79 Å². The number of ether oxygens (including phenoxy) is 1. The van der Waals surface area contributed by atoms with Gasteiger partial charge in [0.1, 0.15) is 5.75 Å². The van der Waals surface area contributed by atoms with Crippen LogP contribution in [0.4, 0.5) is 5.69 Å². The number of rotatable bonds is 5. The molecular formula is C15H16N2O2. The summed E-state index contributed by atoms with van der Waals surface area (Å²) in [5.74, 6) is 0.775. The van der Waals surface area contributed by atoms with Gasteiger partial charge in [0.2, 0.25) is 5.91 Å². The van der Waals surface area contributed by atoms with Crippen molar-refractivity contribution in [3.63, 3.8) is 0 Å².